The summed E-state index contributed by atoms with van der Waals surface area (Å²) in [5, 5.41) is 0. The van der Waals surface area contributed by atoms with Gasteiger partial charge in [0.2, 0.25) is 0 Å². The van der Waals surface area contributed by atoms with E-state index < -0.39 is 0 Å². The highest BCUT2D eigenvalue weighted by atomic mass is 16.1. The van der Waals surface area contributed by atoms with Crippen molar-refractivity contribution in [3.05, 3.63) is 40.1 Å². The Balaban J connectivity index is 1.81. The molecule has 0 aromatic carbocycles. The van der Waals surface area contributed by atoms with Gasteiger partial charge in [-0.1, -0.05) is 40.7 Å². The molecule has 4 nitrogen and oxygen atoms in total. The maximum atomic E-state index is 12.6. The molecule has 1 N–H and O–H groups in total. The molecule has 1 spiro atoms. The van der Waals surface area contributed by atoms with Crippen molar-refractivity contribution in [2.75, 3.05) is 19.6 Å². The Morgan fingerprint density at radius 2 is 1.85 bits per heavy atom. The molecule has 1 aromatic rings. The Morgan fingerprint density at radius 1 is 1.19 bits per heavy atom. The molecule has 2 heterocycles. The minimum atomic E-state index is -0.132. The van der Waals surface area contributed by atoms with Crippen molar-refractivity contribution in [2.45, 2.75) is 77.6 Å². The second kappa shape index (κ2) is 6.63. The minimum absolute atomic E-state index is 0.0892. The summed E-state index contributed by atoms with van der Waals surface area (Å²) in [7, 11) is 0. The van der Waals surface area contributed by atoms with E-state index in [-0.39, 0.29) is 21.8 Å². The number of piperidine rings is 1. The molecule has 1 saturated heterocycles. The van der Waals surface area contributed by atoms with Crippen LogP contribution in [0.2, 0.25) is 0 Å². The summed E-state index contributed by atoms with van der Waals surface area (Å²) in [5.74, 6) is 0.831. The van der Waals surface area contributed by atoms with Crippen molar-refractivity contribution in [2.24, 2.45) is 5.41 Å². The summed E-state index contributed by atoms with van der Waals surface area (Å²) >= 11 is 0. The van der Waals surface area contributed by atoms with Gasteiger partial charge in [-0.2, -0.15) is 0 Å². The molecule has 0 amide bonds. The highest BCUT2D eigenvalue weighted by Gasteiger charge is 2.44. The zero-order valence-electron chi connectivity index (χ0n) is 17.2. The average Bonchev–Trinajstić information content (AvgIpc) is 2.88. The highest BCUT2D eigenvalue weighted by Crippen LogP contribution is 2.45. The molecular formula is C22H35N3O. The van der Waals surface area contributed by atoms with Crippen LogP contribution in [0.1, 0.15) is 77.4 Å². The van der Waals surface area contributed by atoms with Gasteiger partial charge in [0.1, 0.15) is 5.82 Å². The van der Waals surface area contributed by atoms with Crippen LogP contribution in [0.5, 0.6) is 0 Å². The smallest absolute Gasteiger partial charge is 0.254 e. The molecule has 0 unspecified atom stereocenters. The Labute approximate surface area is 158 Å². The molecule has 1 aliphatic heterocycles. The third kappa shape index (κ3) is 3.66. The van der Waals surface area contributed by atoms with Crippen molar-refractivity contribution >= 4 is 0 Å². The topological polar surface area (TPSA) is 49.0 Å². The number of fused-ring (bicyclic) bond motifs is 2. The van der Waals surface area contributed by atoms with E-state index in [9.17, 15) is 4.79 Å². The van der Waals surface area contributed by atoms with Crippen LogP contribution in [-0.2, 0) is 17.3 Å². The number of nitrogens with zero attached hydrogens (tertiary/aromatic N) is 2. The number of aromatic amines is 1. The zero-order valence-corrected chi connectivity index (χ0v) is 17.2. The molecule has 3 rings (SSSR count). The Bertz CT molecular complexity index is 731. The molecule has 0 radical (unpaired) electrons. The van der Waals surface area contributed by atoms with Crippen LogP contribution in [-0.4, -0.2) is 34.5 Å². The first kappa shape index (κ1) is 19.3. The molecule has 0 bridgehead atoms. The largest absolute Gasteiger partial charge is 0.310 e. The monoisotopic (exact) mass is 357 g/mol. The third-order valence-electron chi connectivity index (χ3n) is 6.24. The normalized spacial score (nSPS) is 20.3. The molecule has 144 valence electrons. The van der Waals surface area contributed by atoms with Crippen LogP contribution in [0.3, 0.4) is 0 Å². The molecule has 2 aliphatic rings. The van der Waals surface area contributed by atoms with E-state index in [1.165, 1.54) is 0 Å². The maximum absolute atomic E-state index is 12.6. The molecular weight excluding hydrogens is 322 g/mol. The molecule has 1 aromatic heterocycles. The van der Waals surface area contributed by atoms with Crippen molar-refractivity contribution in [1.29, 1.82) is 0 Å². The van der Waals surface area contributed by atoms with Crippen LogP contribution in [0.25, 0.3) is 0 Å². The Hall–Kier alpha value is -1.42. The van der Waals surface area contributed by atoms with E-state index in [1.54, 1.807) is 0 Å². The average molecular weight is 358 g/mol. The van der Waals surface area contributed by atoms with Gasteiger partial charge in [0.25, 0.3) is 5.56 Å². The fourth-order valence-corrected chi connectivity index (χ4v) is 4.69. The van der Waals surface area contributed by atoms with E-state index in [0.29, 0.717) is 0 Å². The SMILES string of the molecule is C=CCC(C)(C)CN1CCC2(CCc3c2nc(C(C)(C)C)[nH]c3=O)CC1. The van der Waals surface area contributed by atoms with Crippen LogP contribution in [0.15, 0.2) is 17.4 Å². The fourth-order valence-electron chi connectivity index (χ4n) is 4.69. The zero-order chi connectivity index (χ0) is 19.2. The van der Waals surface area contributed by atoms with Gasteiger partial charge in [-0.15, -0.1) is 6.58 Å². The van der Waals surface area contributed by atoms with E-state index in [0.717, 1.165) is 68.8 Å². The van der Waals surface area contributed by atoms with Gasteiger partial charge in [0.15, 0.2) is 0 Å². The minimum Gasteiger partial charge on any atom is -0.310 e. The molecule has 4 heteroatoms. The van der Waals surface area contributed by atoms with Gasteiger partial charge in [0.05, 0.1) is 5.69 Å². The first-order chi connectivity index (χ1) is 12.1. The van der Waals surface area contributed by atoms with E-state index >= 15 is 0 Å². The van der Waals surface area contributed by atoms with Gasteiger partial charge in [0, 0.05) is 22.9 Å². The molecule has 1 aliphatic carbocycles. The number of rotatable bonds is 4. The van der Waals surface area contributed by atoms with Crippen LogP contribution in [0, 0.1) is 5.41 Å². The second-order valence-corrected chi connectivity index (χ2v) is 10.2. The summed E-state index contributed by atoms with van der Waals surface area (Å²) in [5.41, 5.74) is 2.39. The summed E-state index contributed by atoms with van der Waals surface area (Å²) in [6, 6.07) is 0. The summed E-state index contributed by atoms with van der Waals surface area (Å²) in [6.07, 6.45) is 7.26. The number of likely N-dealkylation sites (tertiary alicyclic amines) is 1. The lowest BCUT2D eigenvalue weighted by molar-refractivity contribution is 0.112. The van der Waals surface area contributed by atoms with Gasteiger partial charge in [-0.05, 0) is 50.6 Å². The van der Waals surface area contributed by atoms with Gasteiger partial charge < -0.3 is 9.88 Å². The lowest BCUT2D eigenvalue weighted by Gasteiger charge is -2.42. The Kier molecular flexibility index (Phi) is 4.93. The predicted octanol–water partition coefficient (Wildman–Crippen LogP) is 3.95. The van der Waals surface area contributed by atoms with Crippen molar-refractivity contribution in [3.63, 3.8) is 0 Å². The number of nitrogens with one attached hydrogen (secondary N) is 1. The quantitative estimate of drug-likeness (QED) is 0.830. The third-order valence-corrected chi connectivity index (χ3v) is 6.24. The van der Waals surface area contributed by atoms with Crippen LogP contribution in [0.4, 0.5) is 0 Å². The first-order valence-electron chi connectivity index (χ1n) is 10.0. The van der Waals surface area contributed by atoms with E-state index in [4.69, 9.17) is 4.98 Å². The number of H-pyrrole nitrogens is 1. The van der Waals surface area contributed by atoms with E-state index in [1.807, 2.05) is 6.08 Å². The lowest BCUT2D eigenvalue weighted by atomic mass is 9.75. The van der Waals surface area contributed by atoms with Gasteiger partial charge >= 0.3 is 0 Å². The second-order valence-electron chi connectivity index (χ2n) is 10.2. The van der Waals surface area contributed by atoms with E-state index in [2.05, 4.69) is 51.1 Å². The predicted molar refractivity (Wildman–Crippen MR) is 108 cm³/mol. The lowest BCUT2D eigenvalue weighted by Crippen LogP contribution is -2.45. The molecule has 0 saturated carbocycles. The highest BCUT2D eigenvalue weighted by molar-refractivity contribution is 5.34. The number of hydrogen-bond donors (Lipinski definition) is 1. The summed E-state index contributed by atoms with van der Waals surface area (Å²) < 4.78 is 0. The van der Waals surface area contributed by atoms with Gasteiger partial charge in [-0.25, -0.2) is 4.98 Å². The van der Waals surface area contributed by atoms with Crippen LogP contribution >= 0.6 is 0 Å². The fraction of sp³-hybridized carbons (Fsp3) is 0.727. The summed E-state index contributed by atoms with van der Waals surface area (Å²) in [6.45, 7) is 18.2. The number of hydrogen-bond acceptors (Lipinski definition) is 3. The molecule has 0 atom stereocenters. The van der Waals surface area contributed by atoms with Crippen LogP contribution < -0.4 is 5.56 Å². The summed E-state index contributed by atoms with van der Waals surface area (Å²) in [4.78, 5) is 23.2. The van der Waals surface area contributed by atoms with Crippen molar-refractivity contribution < 1.29 is 0 Å². The van der Waals surface area contributed by atoms with Gasteiger partial charge in [-0.3, -0.25) is 4.79 Å². The first-order valence-corrected chi connectivity index (χ1v) is 10.0. The molecule has 1 fully saturated rings. The standard InChI is InChI=1S/C22H35N3O/c1-7-9-21(5,6)15-25-13-11-22(12-14-25)10-8-16-17(22)23-19(20(2,3)4)24-18(16)26/h7H,1,8-15H2,2-6H3,(H,23,24,26). The Morgan fingerprint density at radius 3 is 2.42 bits per heavy atom. The molecule has 26 heavy (non-hydrogen) atoms. The maximum Gasteiger partial charge on any atom is 0.254 e. The number of allylic oxidation sites excluding steroid dienone is 1. The van der Waals surface area contributed by atoms with Crippen molar-refractivity contribution in [1.82, 2.24) is 14.9 Å². The van der Waals surface area contributed by atoms with Crippen molar-refractivity contribution in [3.8, 4) is 0 Å². The number of aromatic nitrogens is 2.